The zero-order chi connectivity index (χ0) is 18.6. The van der Waals surface area contributed by atoms with E-state index in [4.69, 9.17) is 0 Å². The molecule has 9 heteroatoms. The molecule has 1 atom stereocenters. The molecule has 138 valence electrons. The molecule has 0 radical (unpaired) electrons. The monoisotopic (exact) mass is 431 g/mol. The number of hydrogen-bond donors (Lipinski definition) is 1. The minimum Gasteiger partial charge on any atom is -0.345 e. The number of carbonyl (C=O) groups excluding carboxylic acids is 2. The van der Waals surface area contributed by atoms with Crippen molar-refractivity contribution in [1.82, 2.24) is 14.5 Å². The van der Waals surface area contributed by atoms with Gasteiger partial charge in [-0.05, 0) is 25.1 Å². The second kappa shape index (κ2) is 8.29. The van der Waals surface area contributed by atoms with Crippen LogP contribution in [-0.2, 0) is 19.6 Å². The van der Waals surface area contributed by atoms with Crippen molar-refractivity contribution >= 4 is 37.8 Å². The van der Waals surface area contributed by atoms with Crippen LogP contribution < -0.4 is 5.32 Å². The summed E-state index contributed by atoms with van der Waals surface area (Å²) >= 11 is 3.28. The lowest BCUT2D eigenvalue weighted by atomic mass is 10.2. The maximum atomic E-state index is 12.7. The average Bonchev–Trinajstić information content (AvgIpc) is 2.61. The van der Waals surface area contributed by atoms with E-state index in [9.17, 15) is 18.0 Å². The minimum atomic E-state index is -3.58. The van der Waals surface area contributed by atoms with Crippen molar-refractivity contribution < 1.29 is 18.0 Å². The number of nitrogens with zero attached hydrogens (tertiary/aromatic N) is 2. The highest BCUT2D eigenvalue weighted by Crippen LogP contribution is 2.21. The fourth-order valence-electron chi connectivity index (χ4n) is 2.60. The third kappa shape index (κ3) is 4.80. The van der Waals surface area contributed by atoms with Gasteiger partial charge >= 0.3 is 0 Å². The second-order valence-corrected chi connectivity index (χ2v) is 8.68. The van der Waals surface area contributed by atoms with E-state index in [0.717, 1.165) is 0 Å². The summed E-state index contributed by atoms with van der Waals surface area (Å²) in [5.41, 5.74) is 0. The molecule has 0 bridgehead atoms. The molecule has 1 saturated heterocycles. The highest BCUT2D eigenvalue weighted by atomic mass is 79.9. The molecule has 1 aromatic rings. The van der Waals surface area contributed by atoms with Gasteiger partial charge in [-0.1, -0.05) is 28.9 Å². The van der Waals surface area contributed by atoms with Crippen LogP contribution in [0.4, 0.5) is 0 Å². The van der Waals surface area contributed by atoms with E-state index in [1.165, 1.54) is 4.31 Å². The number of amides is 2. The first-order valence-corrected chi connectivity index (χ1v) is 10.3. The van der Waals surface area contributed by atoms with Crippen LogP contribution in [-0.4, -0.2) is 61.7 Å². The lowest BCUT2D eigenvalue weighted by Gasteiger charge is -2.35. The van der Waals surface area contributed by atoms with Crippen molar-refractivity contribution in [3.8, 4) is 0 Å². The number of carbonyl (C=O) groups is 2. The maximum absolute atomic E-state index is 12.7. The molecule has 1 N–H and O–H groups in total. The number of benzene rings is 1. The Morgan fingerprint density at radius 1 is 1.24 bits per heavy atom. The highest BCUT2D eigenvalue weighted by molar-refractivity contribution is 9.10. The molecule has 1 aliphatic rings. The van der Waals surface area contributed by atoms with Crippen molar-refractivity contribution in [3.05, 3.63) is 28.7 Å². The van der Waals surface area contributed by atoms with Gasteiger partial charge in [0, 0.05) is 37.1 Å². The number of piperazine rings is 1. The molecule has 1 unspecified atom stereocenters. The summed E-state index contributed by atoms with van der Waals surface area (Å²) in [6.45, 7) is 4.43. The lowest BCUT2D eigenvalue weighted by Crippen LogP contribution is -2.55. The summed E-state index contributed by atoms with van der Waals surface area (Å²) in [6.07, 6.45) is 0.316. The average molecular weight is 432 g/mol. The van der Waals surface area contributed by atoms with Crippen LogP contribution in [0.25, 0.3) is 0 Å². The van der Waals surface area contributed by atoms with Gasteiger partial charge in [0.25, 0.3) is 0 Å². The lowest BCUT2D eigenvalue weighted by molar-refractivity contribution is -0.136. The Kier molecular flexibility index (Phi) is 6.59. The number of rotatable bonds is 5. The molecular weight excluding hydrogens is 410 g/mol. The number of sulfonamides is 1. The molecule has 0 spiro atoms. The smallest absolute Gasteiger partial charge is 0.244 e. The third-order valence-corrected chi connectivity index (χ3v) is 6.44. The molecule has 0 aliphatic carbocycles. The SMILES string of the molecule is CCC(=O)NC(C)C(=O)N1CCN(S(=O)(=O)c2cccc(Br)c2)CC1. The van der Waals surface area contributed by atoms with Crippen LogP contribution in [0.3, 0.4) is 0 Å². The van der Waals surface area contributed by atoms with E-state index in [2.05, 4.69) is 21.2 Å². The summed E-state index contributed by atoms with van der Waals surface area (Å²) in [5.74, 6) is -0.377. The van der Waals surface area contributed by atoms with E-state index in [-0.39, 0.29) is 29.8 Å². The molecule has 0 saturated carbocycles. The van der Waals surface area contributed by atoms with Gasteiger partial charge in [0.05, 0.1) is 4.90 Å². The van der Waals surface area contributed by atoms with Gasteiger partial charge in [-0.3, -0.25) is 9.59 Å². The summed E-state index contributed by atoms with van der Waals surface area (Å²) in [7, 11) is -3.58. The molecule has 1 aliphatic heterocycles. The van der Waals surface area contributed by atoms with Gasteiger partial charge in [0.15, 0.2) is 0 Å². The molecule has 25 heavy (non-hydrogen) atoms. The standard InChI is InChI=1S/C16H22BrN3O4S/c1-3-15(21)18-12(2)16(22)19-7-9-20(10-8-19)25(23,24)14-6-4-5-13(17)11-14/h4-6,11-12H,3,7-10H2,1-2H3,(H,18,21). The Balaban J connectivity index is 1.99. The Labute approximate surface area is 156 Å². The predicted molar refractivity (Wildman–Crippen MR) is 97.4 cm³/mol. The van der Waals surface area contributed by atoms with Crippen molar-refractivity contribution in [2.45, 2.75) is 31.2 Å². The first kappa shape index (κ1) is 19.9. The number of halogens is 1. The van der Waals surface area contributed by atoms with E-state index in [1.807, 2.05) is 0 Å². The van der Waals surface area contributed by atoms with E-state index < -0.39 is 16.1 Å². The van der Waals surface area contributed by atoms with Crippen LogP contribution in [0.2, 0.25) is 0 Å². The summed E-state index contributed by atoms with van der Waals surface area (Å²) in [4.78, 5) is 25.6. The topological polar surface area (TPSA) is 86.8 Å². The Morgan fingerprint density at radius 2 is 1.88 bits per heavy atom. The van der Waals surface area contributed by atoms with Crippen LogP contribution >= 0.6 is 15.9 Å². The Morgan fingerprint density at radius 3 is 2.44 bits per heavy atom. The number of hydrogen-bond acceptors (Lipinski definition) is 4. The Hall–Kier alpha value is -1.45. The first-order valence-electron chi connectivity index (χ1n) is 8.09. The Bertz CT molecular complexity index is 746. The number of nitrogens with one attached hydrogen (secondary N) is 1. The molecule has 1 fully saturated rings. The van der Waals surface area contributed by atoms with Gasteiger partial charge < -0.3 is 10.2 Å². The fraction of sp³-hybridized carbons (Fsp3) is 0.500. The first-order chi connectivity index (χ1) is 11.8. The fourth-order valence-corrected chi connectivity index (χ4v) is 4.62. The van der Waals surface area contributed by atoms with Crippen molar-refractivity contribution in [2.75, 3.05) is 26.2 Å². The van der Waals surface area contributed by atoms with Gasteiger partial charge in [0.2, 0.25) is 21.8 Å². The van der Waals surface area contributed by atoms with Crippen LogP contribution in [0.15, 0.2) is 33.6 Å². The van der Waals surface area contributed by atoms with E-state index >= 15 is 0 Å². The normalized spacial score (nSPS) is 17.2. The molecule has 2 amide bonds. The minimum absolute atomic E-state index is 0.184. The zero-order valence-corrected chi connectivity index (χ0v) is 16.6. The van der Waals surface area contributed by atoms with E-state index in [0.29, 0.717) is 24.0 Å². The summed E-state index contributed by atoms with van der Waals surface area (Å²) in [6, 6.07) is 5.95. The van der Waals surface area contributed by atoms with Crippen molar-refractivity contribution in [3.63, 3.8) is 0 Å². The molecule has 2 rings (SSSR count). The van der Waals surface area contributed by atoms with Crippen LogP contribution in [0, 0.1) is 0 Å². The maximum Gasteiger partial charge on any atom is 0.244 e. The van der Waals surface area contributed by atoms with E-state index in [1.54, 1.807) is 43.0 Å². The molecule has 0 aromatic heterocycles. The van der Waals surface area contributed by atoms with Gasteiger partial charge in [-0.25, -0.2) is 8.42 Å². The van der Waals surface area contributed by atoms with Crippen molar-refractivity contribution in [2.24, 2.45) is 0 Å². The van der Waals surface area contributed by atoms with Gasteiger partial charge in [0.1, 0.15) is 6.04 Å². The molecule has 7 nitrogen and oxygen atoms in total. The van der Waals surface area contributed by atoms with Gasteiger partial charge in [-0.2, -0.15) is 4.31 Å². The predicted octanol–water partition coefficient (Wildman–Crippen LogP) is 1.20. The molecule has 1 heterocycles. The van der Waals surface area contributed by atoms with Gasteiger partial charge in [-0.15, -0.1) is 0 Å². The van der Waals surface area contributed by atoms with Crippen molar-refractivity contribution in [1.29, 1.82) is 0 Å². The largest absolute Gasteiger partial charge is 0.345 e. The summed E-state index contributed by atoms with van der Waals surface area (Å²) in [5, 5.41) is 2.63. The van der Waals surface area contributed by atoms with Crippen LogP contribution in [0.5, 0.6) is 0 Å². The second-order valence-electron chi connectivity index (χ2n) is 5.83. The summed E-state index contributed by atoms with van der Waals surface area (Å²) < 4.78 is 27.4. The highest BCUT2D eigenvalue weighted by Gasteiger charge is 2.31. The molecular formula is C16H22BrN3O4S. The zero-order valence-electron chi connectivity index (χ0n) is 14.2. The third-order valence-electron chi connectivity index (χ3n) is 4.05. The quantitative estimate of drug-likeness (QED) is 0.758. The van der Waals surface area contributed by atoms with Crippen LogP contribution in [0.1, 0.15) is 20.3 Å². The molecule has 1 aromatic carbocycles.